The Morgan fingerprint density at radius 3 is 2.45 bits per heavy atom. The van der Waals surface area contributed by atoms with Gasteiger partial charge in [-0.2, -0.15) is 0 Å². The lowest BCUT2D eigenvalue weighted by atomic mass is 9.88. The summed E-state index contributed by atoms with van der Waals surface area (Å²) in [6, 6.07) is 15.4. The van der Waals surface area contributed by atoms with E-state index in [0.29, 0.717) is 11.6 Å². The normalized spacial score (nSPS) is 20.8. The molecule has 2 N–H and O–H groups in total. The van der Waals surface area contributed by atoms with E-state index < -0.39 is 0 Å². The van der Waals surface area contributed by atoms with E-state index in [1.807, 2.05) is 24.3 Å². The van der Waals surface area contributed by atoms with E-state index in [-0.39, 0.29) is 17.7 Å². The van der Waals surface area contributed by atoms with E-state index in [1.54, 1.807) is 12.1 Å². The number of halogens is 2. The minimum atomic E-state index is -0.0724. The maximum Gasteiger partial charge on any atom is 0.229 e. The Labute approximate surface area is 143 Å². The van der Waals surface area contributed by atoms with E-state index in [4.69, 9.17) is 11.6 Å². The van der Waals surface area contributed by atoms with E-state index in [1.165, 1.54) is 5.56 Å². The maximum absolute atomic E-state index is 12.6. The van der Waals surface area contributed by atoms with Crippen molar-refractivity contribution < 1.29 is 4.79 Å². The van der Waals surface area contributed by atoms with Gasteiger partial charge in [-0.3, -0.25) is 4.79 Å². The molecule has 22 heavy (non-hydrogen) atoms. The molecular formula is C17H16BrClN2O. The number of hydrogen-bond donors (Lipinski definition) is 2. The molecule has 3 rings (SSSR count). The van der Waals surface area contributed by atoms with Crippen LogP contribution in [0.25, 0.3) is 0 Å². The maximum atomic E-state index is 12.6. The lowest BCUT2D eigenvalue weighted by molar-refractivity contribution is -0.119. The van der Waals surface area contributed by atoms with Crippen LogP contribution in [0, 0.1) is 5.92 Å². The molecule has 1 aliphatic heterocycles. The van der Waals surface area contributed by atoms with Crippen molar-refractivity contribution in [2.75, 3.05) is 18.4 Å². The summed E-state index contributed by atoms with van der Waals surface area (Å²) in [6.45, 7) is 1.51. The monoisotopic (exact) mass is 378 g/mol. The van der Waals surface area contributed by atoms with Crippen molar-refractivity contribution in [2.45, 2.75) is 5.92 Å². The number of amides is 1. The van der Waals surface area contributed by atoms with Crippen LogP contribution < -0.4 is 10.6 Å². The van der Waals surface area contributed by atoms with Gasteiger partial charge in [-0.15, -0.1) is 0 Å². The second-order valence-corrected chi connectivity index (χ2v) is 6.77. The molecule has 0 aliphatic carbocycles. The van der Waals surface area contributed by atoms with Gasteiger partial charge in [0, 0.05) is 34.2 Å². The highest BCUT2D eigenvalue weighted by molar-refractivity contribution is 9.10. The summed E-state index contributed by atoms with van der Waals surface area (Å²) in [5.41, 5.74) is 1.96. The summed E-state index contributed by atoms with van der Waals surface area (Å²) in [4.78, 5) is 12.6. The molecule has 1 amide bonds. The lowest BCUT2D eigenvalue weighted by Crippen LogP contribution is -2.28. The zero-order chi connectivity index (χ0) is 15.5. The lowest BCUT2D eigenvalue weighted by Gasteiger charge is -2.18. The van der Waals surface area contributed by atoms with Crippen molar-refractivity contribution >= 4 is 39.1 Å². The molecule has 0 saturated carbocycles. The van der Waals surface area contributed by atoms with Gasteiger partial charge in [0.15, 0.2) is 0 Å². The molecule has 2 aromatic rings. The highest BCUT2D eigenvalue weighted by Gasteiger charge is 2.33. The van der Waals surface area contributed by atoms with Crippen molar-refractivity contribution in [3.05, 3.63) is 63.6 Å². The van der Waals surface area contributed by atoms with Crippen molar-refractivity contribution in [1.29, 1.82) is 0 Å². The fourth-order valence-electron chi connectivity index (χ4n) is 2.78. The number of carbonyl (C=O) groups excluding carboxylic acids is 1. The zero-order valence-electron chi connectivity index (χ0n) is 11.9. The molecule has 0 aromatic heterocycles. The Morgan fingerprint density at radius 2 is 1.77 bits per heavy atom. The van der Waals surface area contributed by atoms with E-state index in [0.717, 1.165) is 16.7 Å². The van der Waals surface area contributed by atoms with Gasteiger partial charge in [0.2, 0.25) is 5.91 Å². The molecule has 1 heterocycles. The molecule has 1 fully saturated rings. The Morgan fingerprint density at radius 1 is 1.09 bits per heavy atom. The molecule has 0 bridgehead atoms. The van der Waals surface area contributed by atoms with Gasteiger partial charge < -0.3 is 10.6 Å². The number of nitrogens with one attached hydrogen (secondary N) is 2. The SMILES string of the molecule is O=C(Nc1ccc(Cl)cc1)C1CNCC1c1ccc(Br)cc1. The number of hydrogen-bond acceptors (Lipinski definition) is 2. The summed E-state index contributed by atoms with van der Waals surface area (Å²) in [7, 11) is 0. The van der Waals surface area contributed by atoms with Gasteiger partial charge in [0.25, 0.3) is 0 Å². The van der Waals surface area contributed by atoms with E-state index in [2.05, 4.69) is 38.7 Å². The minimum absolute atomic E-state index is 0.0419. The number of carbonyl (C=O) groups is 1. The number of rotatable bonds is 3. The third kappa shape index (κ3) is 3.51. The van der Waals surface area contributed by atoms with Crippen LogP contribution in [0.3, 0.4) is 0 Å². The van der Waals surface area contributed by atoms with Gasteiger partial charge in [-0.25, -0.2) is 0 Å². The summed E-state index contributed by atoms with van der Waals surface area (Å²) in [6.07, 6.45) is 0. The van der Waals surface area contributed by atoms with Crippen LogP contribution in [-0.2, 0) is 4.79 Å². The van der Waals surface area contributed by atoms with Crippen LogP contribution in [0.4, 0.5) is 5.69 Å². The third-order valence-corrected chi connectivity index (χ3v) is 4.74. The molecule has 5 heteroatoms. The van der Waals surface area contributed by atoms with E-state index in [9.17, 15) is 4.79 Å². The van der Waals surface area contributed by atoms with Gasteiger partial charge >= 0.3 is 0 Å². The summed E-state index contributed by atoms with van der Waals surface area (Å²) >= 11 is 9.31. The predicted molar refractivity (Wildman–Crippen MR) is 93.3 cm³/mol. The van der Waals surface area contributed by atoms with Crippen molar-refractivity contribution in [1.82, 2.24) is 5.32 Å². The molecule has 2 unspecified atom stereocenters. The second kappa shape index (κ2) is 6.82. The standard InChI is InChI=1S/C17H16BrClN2O/c18-12-3-1-11(2-4-12)15-9-20-10-16(15)17(22)21-14-7-5-13(19)6-8-14/h1-8,15-16,20H,9-10H2,(H,21,22). The van der Waals surface area contributed by atoms with Gasteiger partial charge in [0.05, 0.1) is 5.92 Å². The average molecular weight is 380 g/mol. The van der Waals surface area contributed by atoms with Gasteiger partial charge in [0.1, 0.15) is 0 Å². The Balaban J connectivity index is 1.73. The summed E-state index contributed by atoms with van der Waals surface area (Å²) in [5, 5.41) is 6.95. The van der Waals surface area contributed by atoms with Crippen LogP contribution in [-0.4, -0.2) is 19.0 Å². The quantitative estimate of drug-likeness (QED) is 0.845. The first kappa shape index (κ1) is 15.5. The molecule has 3 nitrogen and oxygen atoms in total. The van der Waals surface area contributed by atoms with Crippen LogP contribution in [0.2, 0.25) is 5.02 Å². The fourth-order valence-corrected chi connectivity index (χ4v) is 3.17. The van der Waals surface area contributed by atoms with Gasteiger partial charge in [-0.05, 0) is 42.0 Å². The first-order valence-corrected chi connectivity index (χ1v) is 8.33. The van der Waals surface area contributed by atoms with Crippen LogP contribution in [0.5, 0.6) is 0 Å². The Bertz CT molecular complexity index is 657. The third-order valence-electron chi connectivity index (χ3n) is 3.96. The molecule has 0 spiro atoms. The van der Waals surface area contributed by atoms with Crippen molar-refractivity contribution in [3.63, 3.8) is 0 Å². The van der Waals surface area contributed by atoms with Crippen LogP contribution in [0.15, 0.2) is 53.0 Å². The first-order valence-electron chi connectivity index (χ1n) is 7.16. The average Bonchev–Trinajstić information content (AvgIpc) is 3.00. The Hall–Kier alpha value is -1.36. The number of benzene rings is 2. The first-order chi connectivity index (χ1) is 10.6. The second-order valence-electron chi connectivity index (χ2n) is 5.42. The van der Waals surface area contributed by atoms with Crippen molar-refractivity contribution in [2.24, 2.45) is 5.92 Å². The molecule has 114 valence electrons. The minimum Gasteiger partial charge on any atom is -0.326 e. The fraction of sp³-hybridized carbons (Fsp3) is 0.235. The molecule has 1 aliphatic rings. The van der Waals surface area contributed by atoms with E-state index >= 15 is 0 Å². The zero-order valence-corrected chi connectivity index (χ0v) is 14.2. The smallest absolute Gasteiger partial charge is 0.229 e. The number of anilines is 1. The topological polar surface area (TPSA) is 41.1 Å². The highest BCUT2D eigenvalue weighted by Crippen LogP contribution is 2.30. The molecule has 2 atom stereocenters. The van der Waals surface area contributed by atoms with Crippen molar-refractivity contribution in [3.8, 4) is 0 Å². The largest absolute Gasteiger partial charge is 0.326 e. The summed E-state index contributed by atoms with van der Waals surface area (Å²) in [5.74, 6) is 0.164. The van der Waals surface area contributed by atoms with Gasteiger partial charge in [-0.1, -0.05) is 39.7 Å². The Kier molecular flexibility index (Phi) is 4.81. The van der Waals surface area contributed by atoms with Crippen LogP contribution >= 0.6 is 27.5 Å². The molecule has 1 saturated heterocycles. The molecular weight excluding hydrogens is 364 g/mol. The molecule has 0 radical (unpaired) electrons. The van der Waals surface area contributed by atoms with Crippen LogP contribution in [0.1, 0.15) is 11.5 Å². The molecule has 2 aromatic carbocycles. The predicted octanol–water partition coefficient (Wildman–Crippen LogP) is 4.04. The summed E-state index contributed by atoms with van der Waals surface area (Å²) < 4.78 is 1.05. The highest BCUT2D eigenvalue weighted by atomic mass is 79.9.